The van der Waals surface area contributed by atoms with Crippen molar-refractivity contribution >= 4 is 18.0 Å². The molecule has 0 aliphatic heterocycles. The fourth-order valence-corrected chi connectivity index (χ4v) is 4.47. The Morgan fingerprint density at radius 3 is 1.37 bits per heavy atom. The molecule has 1 atom stereocenters. The molecule has 1 amide bonds. The summed E-state index contributed by atoms with van der Waals surface area (Å²) in [5.41, 5.74) is 2.31. The Morgan fingerprint density at radius 2 is 1.00 bits per heavy atom. The van der Waals surface area contributed by atoms with Crippen LogP contribution in [-0.2, 0) is 43.6 Å². The summed E-state index contributed by atoms with van der Waals surface area (Å²) in [7, 11) is 0. The van der Waals surface area contributed by atoms with Gasteiger partial charge in [0.2, 0.25) is 6.04 Å². The number of ether oxygens (including phenoxy) is 3. The fourth-order valence-electron chi connectivity index (χ4n) is 4.47. The van der Waals surface area contributed by atoms with E-state index < -0.39 is 24.1 Å². The number of hydrogen-bond donors (Lipinski definition) is 0. The number of hydrogen-bond acceptors (Lipinski definition) is 6. The minimum absolute atomic E-state index is 0.00244. The van der Waals surface area contributed by atoms with E-state index in [1.54, 1.807) is 0 Å². The third-order valence-corrected chi connectivity index (χ3v) is 6.79. The van der Waals surface area contributed by atoms with E-state index >= 15 is 0 Å². The van der Waals surface area contributed by atoms with Crippen LogP contribution in [0.2, 0.25) is 0 Å². The number of carbonyl (C=O) groups excluding carboxylic acids is 3. The van der Waals surface area contributed by atoms with Crippen LogP contribution < -0.4 is 0 Å². The lowest BCUT2D eigenvalue weighted by molar-refractivity contribution is -0.165. The van der Waals surface area contributed by atoms with E-state index in [1.807, 2.05) is 91.0 Å². The average molecular weight is 560 g/mol. The molecule has 0 heterocycles. The monoisotopic (exact) mass is 559 g/mol. The Morgan fingerprint density at radius 1 is 0.610 bits per heavy atom. The van der Waals surface area contributed by atoms with Gasteiger partial charge in [-0.25, -0.2) is 14.4 Å². The largest absolute Gasteiger partial charge is 0.459 e. The van der Waals surface area contributed by atoms with Crippen LogP contribution in [0.25, 0.3) is 0 Å². The number of nitrogens with zero attached hydrogens (tertiary/aromatic N) is 1. The second-order valence-electron chi connectivity index (χ2n) is 10.9. The van der Waals surface area contributed by atoms with Gasteiger partial charge >= 0.3 is 18.0 Å². The van der Waals surface area contributed by atoms with Crippen LogP contribution in [0.4, 0.5) is 4.79 Å². The predicted octanol–water partition coefficient (Wildman–Crippen LogP) is 6.80. The minimum atomic E-state index is -1.63. The van der Waals surface area contributed by atoms with Crippen LogP contribution in [0.1, 0.15) is 50.8 Å². The van der Waals surface area contributed by atoms with E-state index in [2.05, 4.69) is 27.7 Å². The van der Waals surface area contributed by atoms with Crippen molar-refractivity contribution in [3.8, 4) is 0 Å². The van der Waals surface area contributed by atoms with E-state index in [9.17, 15) is 14.4 Å². The van der Waals surface area contributed by atoms with Gasteiger partial charge in [-0.05, 0) is 40.9 Å². The van der Waals surface area contributed by atoms with Crippen molar-refractivity contribution < 1.29 is 28.6 Å². The van der Waals surface area contributed by atoms with Crippen LogP contribution in [0.15, 0.2) is 91.0 Å². The van der Waals surface area contributed by atoms with Gasteiger partial charge in [0.25, 0.3) is 0 Å². The number of amides is 1. The predicted molar refractivity (Wildman–Crippen MR) is 157 cm³/mol. The molecule has 3 aromatic rings. The van der Waals surface area contributed by atoms with Gasteiger partial charge in [-0.15, -0.1) is 0 Å². The van der Waals surface area contributed by atoms with Crippen molar-refractivity contribution in [2.75, 3.05) is 6.54 Å². The molecule has 0 saturated heterocycles. The topological polar surface area (TPSA) is 82.1 Å². The van der Waals surface area contributed by atoms with Crippen LogP contribution in [0.3, 0.4) is 0 Å². The highest BCUT2D eigenvalue weighted by Crippen LogP contribution is 2.24. The molecule has 0 aliphatic rings. The molecule has 0 N–H and O–H groups in total. The summed E-state index contributed by atoms with van der Waals surface area (Å²) in [6.07, 6.45) is 0.0203. The van der Waals surface area contributed by atoms with Gasteiger partial charge in [0.15, 0.2) is 0 Å². The lowest BCUT2D eigenvalue weighted by Crippen LogP contribution is -2.53. The highest BCUT2D eigenvalue weighted by Gasteiger charge is 2.41. The molecular formula is C34H41NO6. The van der Waals surface area contributed by atoms with E-state index in [0.717, 1.165) is 23.1 Å². The van der Waals surface area contributed by atoms with Gasteiger partial charge in [-0.2, -0.15) is 0 Å². The average Bonchev–Trinajstić information content (AvgIpc) is 2.98. The lowest BCUT2D eigenvalue weighted by atomic mass is 9.87. The molecule has 7 nitrogen and oxygen atoms in total. The first-order chi connectivity index (χ1) is 19.7. The summed E-state index contributed by atoms with van der Waals surface area (Å²) >= 11 is 0. The van der Waals surface area contributed by atoms with Crippen molar-refractivity contribution in [1.82, 2.24) is 4.90 Å². The first-order valence-electron chi connectivity index (χ1n) is 14.1. The van der Waals surface area contributed by atoms with Crippen LogP contribution in [0, 0.1) is 17.8 Å². The van der Waals surface area contributed by atoms with Gasteiger partial charge in [-0.3, -0.25) is 4.90 Å². The van der Waals surface area contributed by atoms with Gasteiger partial charge in [0.1, 0.15) is 19.8 Å². The zero-order valence-electron chi connectivity index (χ0n) is 24.4. The standard InChI is InChI=1S/C34H41NO6/c1-25(2)20-30(26(3)4)21-35(34(38)41-24-29-18-12-7-13-19-29)31(32(36)39-22-27-14-8-5-9-15-27)33(37)40-23-28-16-10-6-11-17-28/h5-19,25-26,30-31H,20-24H2,1-4H3. The lowest BCUT2D eigenvalue weighted by Gasteiger charge is -2.33. The van der Waals surface area contributed by atoms with Gasteiger partial charge in [-0.1, -0.05) is 119 Å². The highest BCUT2D eigenvalue weighted by atomic mass is 16.6. The smallest absolute Gasteiger partial charge is 0.411 e. The number of benzene rings is 3. The van der Waals surface area contributed by atoms with Gasteiger partial charge < -0.3 is 14.2 Å². The van der Waals surface area contributed by atoms with Crippen LogP contribution >= 0.6 is 0 Å². The summed E-state index contributed by atoms with van der Waals surface area (Å²) < 4.78 is 16.8. The summed E-state index contributed by atoms with van der Waals surface area (Å²) in [4.78, 5) is 42.0. The molecule has 0 aromatic heterocycles. The zero-order valence-corrected chi connectivity index (χ0v) is 24.4. The third kappa shape index (κ3) is 10.4. The molecule has 0 radical (unpaired) electrons. The molecule has 0 fully saturated rings. The molecule has 0 aliphatic carbocycles. The number of esters is 2. The van der Waals surface area contributed by atoms with Crippen molar-refractivity contribution in [2.45, 2.75) is 60.0 Å². The van der Waals surface area contributed by atoms with Gasteiger partial charge in [0.05, 0.1) is 0 Å². The molecule has 7 heteroatoms. The van der Waals surface area contributed by atoms with E-state index in [-0.39, 0.29) is 38.2 Å². The zero-order chi connectivity index (χ0) is 29.6. The van der Waals surface area contributed by atoms with Crippen LogP contribution in [0.5, 0.6) is 0 Å². The van der Waals surface area contributed by atoms with Crippen molar-refractivity contribution in [3.05, 3.63) is 108 Å². The fraction of sp³-hybridized carbons (Fsp3) is 0.382. The molecule has 218 valence electrons. The normalized spacial score (nSPS) is 11.8. The molecule has 0 spiro atoms. The second-order valence-corrected chi connectivity index (χ2v) is 10.9. The van der Waals surface area contributed by atoms with E-state index in [0.29, 0.717) is 5.92 Å². The first kappa shape index (κ1) is 31.4. The molecule has 0 saturated carbocycles. The minimum Gasteiger partial charge on any atom is -0.459 e. The molecule has 41 heavy (non-hydrogen) atoms. The molecule has 1 unspecified atom stereocenters. The summed E-state index contributed by atoms with van der Waals surface area (Å²) in [5, 5.41) is 0. The third-order valence-electron chi connectivity index (χ3n) is 6.79. The highest BCUT2D eigenvalue weighted by molar-refractivity contribution is 6.01. The van der Waals surface area contributed by atoms with Crippen molar-refractivity contribution in [2.24, 2.45) is 17.8 Å². The molecule has 0 bridgehead atoms. The summed E-state index contributed by atoms with van der Waals surface area (Å²) in [5.74, 6) is -1.20. The maximum Gasteiger partial charge on any atom is 0.411 e. The SMILES string of the molecule is CC(C)CC(CN(C(=O)OCc1ccccc1)C(C(=O)OCc1ccccc1)C(=O)OCc1ccccc1)C(C)C. The molecule has 3 aromatic carbocycles. The summed E-state index contributed by atoms with van der Waals surface area (Å²) in [6.45, 7) is 8.38. The Bertz CT molecular complexity index is 1160. The first-order valence-corrected chi connectivity index (χ1v) is 14.1. The Balaban J connectivity index is 1.90. The Labute approximate surface area is 243 Å². The Kier molecular flexibility index (Phi) is 12.4. The quantitative estimate of drug-likeness (QED) is 0.123. The maximum atomic E-state index is 13.6. The molecule has 3 rings (SSSR count). The van der Waals surface area contributed by atoms with Crippen molar-refractivity contribution in [1.29, 1.82) is 0 Å². The van der Waals surface area contributed by atoms with E-state index in [4.69, 9.17) is 14.2 Å². The summed E-state index contributed by atoms with van der Waals surface area (Å²) in [6, 6.07) is 26.0. The second kappa shape index (κ2) is 16.2. The molecular weight excluding hydrogens is 518 g/mol. The maximum absolute atomic E-state index is 13.6. The van der Waals surface area contributed by atoms with E-state index in [1.165, 1.54) is 4.90 Å². The van der Waals surface area contributed by atoms with Crippen LogP contribution in [-0.4, -0.2) is 35.5 Å². The number of carbonyl (C=O) groups is 3. The number of rotatable bonds is 14. The van der Waals surface area contributed by atoms with Crippen molar-refractivity contribution in [3.63, 3.8) is 0 Å². The Hall–Kier alpha value is -4.13. The van der Waals surface area contributed by atoms with Gasteiger partial charge in [0, 0.05) is 6.54 Å².